The first kappa shape index (κ1) is 11.0. The third-order valence-electron chi connectivity index (χ3n) is 2.46. The molecule has 3 nitrogen and oxygen atoms in total. The van der Waals surface area contributed by atoms with E-state index in [0.29, 0.717) is 18.8 Å². The van der Waals surface area contributed by atoms with E-state index in [4.69, 9.17) is 0 Å². The number of hydrogen-bond acceptors (Lipinski definition) is 3. The highest BCUT2D eigenvalue weighted by Gasteiger charge is 2.48. The zero-order chi connectivity index (χ0) is 10.8. The minimum Gasteiger partial charge on any atom is -0.393 e. The zero-order valence-electron chi connectivity index (χ0n) is 8.71. The Bertz CT molecular complexity index is 268. The molecule has 14 heavy (non-hydrogen) atoms. The van der Waals surface area contributed by atoms with E-state index < -0.39 is 11.4 Å². The van der Waals surface area contributed by atoms with Crippen LogP contribution in [-0.4, -0.2) is 11.9 Å². The maximum atomic E-state index is 11.5. The van der Waals surface area contributed by atoms with Gasteiger partial charge in [0.2, 0.25) is 0 Å². The summed E-state index contributed by atoms with van der Waals surface area (Å²) in [6.07, 6.45) is 3.09. The number of rotatable bonds is 4. The van der Waals surface area contributed by atoms with Gasteiger partial charge in [0.15, 0.2) is 0 Å². The molecule has 3 heteroatoms. The smallest absolute Gasteiger partial charge is 0.320 e. The number of ether oxygens (including phenoxy) is 1. The third kappa shape index (κ3) is 2.03. The Kier molecular flexibility index (Phi) is 3.09. The Morgan fingerprint density at radius 3 is 2.57 bits per heavy atom. The predicted molar refractivity (Wildman–Crippen MR) is 52.4 cm³/mol. The molecule has 0 N–H and O–H groups in total. The molecule has 1 aliphatic heterocycles. The van der Waals surface area contributed by atoms with Crippen LogP contribution in [0.4, 0.5) is 0 Å². The van der Waals surface area contributed by atoms with Gasteiger partial charge in [0.05, 0.1) is 11.8 Å². The molecule has 1 rings (SSSR count). The van der Waals surface area contributed by atoms with Crippen molar-refractivity contribution in [3.05, 3.63) is 12.7 Å². The number of esters is 2. The molecule has 0 aliphatic carbocycles. The fraction of sp³-hybridized carbons (Fsp3) is 0.636. The van der Waals surface area contributed by atoms with Crippen LogP contribution in [0.5, 0.6) is 0 Å². The number of allylic oxidation sites excluding steroid dienone is 1. The van der Waals surface area contributed by atoms with Crippen LogP contribution in [0, 0.1) is 11.3 Å². The van der Waals surface area contributed by atoms with Crippen molar-refractivity contribution >= 4 is 11.9 Å². The highest BCUT2D eigenvalue weighted by atomic mass is 16.6. The third-order valence-corrected chi connectivity index (χ3v) is 2.46. The quantitative estimate of drug-likeness (QED) is 0.392. The van der Waals surface area contributed by atoms with E-state index in [1.165, 1.54) is 0 Å². The number of cyclic esters (lactones) is 2. The normalized spacial score (nSPS) is 26.8. The molecule has 1 atom stereocenters. The molecule has 0 radical (unpaired) electrons. The average Bonchev–Trinajstić information content (AvgIpc) is 2.25. The second-order valence-corrected chi connectivity index (χ2v) is 4.31. The molecule has 0 saturated carbocycles. The lowest BCUT2D eigenvalue weighted by Gasteiger charge is -2.23. The van der Waals surface area contributed by atoms with E-state index in [2.05, 4.69) is 11.3 Å². The van der Waals surface area contributed by atoms with Crippen molar-refractivity contribution in [3.63, 3.8) is 0 Å². The van der Waals surface area contributed by atoms with E-state index in [1.807, 2.05) is 13.8 Å². The largest absolute Gasteiger partial charge is 0.393 e. The molecule has 0 aromatic heterocycles. The molecule has 0 amide bonds. The fourth-order valence-electron chi connectivity index (χ4n) is 2.05. The zero-order valence-corrected chi connectivity index (χ0v) is 8.71. The lowest BCUT2D eigenvalue weighted by atomic mass is 9.76. The molecule has 0 bridgehead atoms. The van der Waals surface area contributed by atoms with Gasteiger partial charge in [0, 0.05) is 0 Å². The first-order valence-corrected chi connectivity index (χ1v) is 4.86. The van der Waals surface area contributed by atoms with E-state index in [0.717, 1.165) is 0 Å². The van der Waals surface area contributed by atoms with Crippen LogP contribution in [-0.2, 0) is 14.3 Å². The monoisotopic (exact) mass is 196 g/mol. The van der Waals surface area contributed by atoms with Gasteiger partial charge in [-0.05, 0) is 18.8 Å². The Balaban J connectivity index is 2.86. The van der Waals surface area contributed by atoms with Crippen LogP contribution in [0.2, 0.25) is 0 Å². The van der Waals surface area contributed by atoms with Crippen LogP contribution in [0.1, 0.15) is 33.1 Å². The molecule has 1 heterocycles. The van der Waals surface area contributed by atoms with Gasteiger partial charge in [-0.15, -0.1) is 6.58 Å². The molecule has 0 spiro atoms. The summed E-state index contributed by atoms with van der Waals surface area (Å²) in [7, 11) is 0. The van der Waals surface area contributed by atoms with Crippen LogP contribution in [0.3, 0.4) is 0 Å². The molecular weight excluding hydrogens is 180 g/mol. The van der Waals surface area contributed by atoms with Gasteiger partial charge in [-0.2, -0.15) is 0 Å². The van der Waals surface area contributed by atoms with Crippen molar-refractivity contribution in [1.82, 2.24) is 0 Å². The maximum absolute atomic E-state index is 11.5. The van der Waals surface area contributed by atoms with Crippen molar-refractivity contribution in [1.29, 1.82) is 0 Å². The summed E-state index contributed by atoms with van der Waals surface area (Å²) in [5.41, 5.74) is -0.632. The number of carbonyl (C=O) groups is 2. The molecule has 1 aliphatic rings. The van der Waals surface area contributed by atoms with E-state index >= 15 is 0 Å². The topological polar surface area (TPSA) is 43.4 Å². The second kappa shape index (κ2) is 3.95. The summed E-state index contributed by atoms with van der Waals surface area (Å²) in [5, 5.41) is 0. The Morgan fingerprint density at radius 2 is 2.21 bits per heavy atom. The van der Waals surface area contributed by atoms with Gasteiger partial charge in [-0.25, -0.2) is 0 Å². The van der Waals surface area contributed by atoms with Crippen molar-refractivity contribution in [3.8, 4) is 0 Å². The first-order chi connectivity index (χ1) is 6.50. The van der Waals surface area contributed by atoms with E-state index in [9.17, 15) is 9.59 Å². The summed E-state index contributed by atoms with van der Waals surface area (Å²) in [5.74, 6) is -0.415. The highest BCUT2D eigenvalue weighted by molar-refractivity contribution is 5.97. The van der Waals surface area contributed by atoms with E-state index in [-0.39, 0.29) is 12.4 Å². The molecule has 0 aromatic carbocycles. The van der Waals surface area contributed by atoms with Crippen molar-refractivity contribution in [2.45, 2.75) is 33.1 Å². The maximum Gasteiger partial charge on any atom is 0.320 e. The standard InChI is InChI=1S/C11H16O3/c1-4-5-11(6-8(2)3)7-9(12)14-10(11)13/h4,8H,1,5-7H2,2-3H3. The Morgan fingerprint density at radius 1 is 1.57 bits per heavy atom. The summed E-state index contributed by atoms with van der Waals surface area (Å²) >= 11 is 0. The molecule has 1 unspecified atom stereocenters. The summed E-state index contributed by atoms with van der Waals surface area (Å²) in [6, 6.07) is 0. The predicted octanol–water partition coefficient (Wildman–Crippen LogP) is 2.07. The molecular formula is C11H16O3. The average molecular weight is 196 g/mol. The summed E-state index contributed by atoms with van der Waals surface area (Å²) in [6.45, 7) is 7.67. The van der Waals surface area contributed by atoms with Gasteiger partial charge in [0.25, 0.3) is 0 Å². The first-order valence-electron chi connectivity index (χ1n) is 4.86. The van der Waals surface area contributed by atoms with E-state index in [1.54, 1.807) is 6.08 Å². The Hall–Kier alpha value is -1.12. The molecule has 78 valence electrons. The number of carbonyl (C=O) groups excluding carboxylic acids is 2. The fourth-order valence-corrected chi connectivity index (χ4v) is 2.05. The van der Waals surface area contributed by atoms with Gasteiger partial charge >= 0.3 is 11.9 Å². The lowest BCUT2D eigenvalue weighted by molar-refractivity contribution is -0.155. The summed E-state index contributed by atoms with van der Waals surface area (Å²) < 4.78 is 4.61. The highest BCUT2D eigenvalue weighted by Crippen LogP contribution is 2.40. The Labute approximate surface area is 84.1 Å². The second-order valence-electron chi connectivity index (χ2n) is 4.31. The van der Waals surface area contributed by atoms with Gasteiger partial charge in [0.1, 0.15) is 0 Å². The van der Waals surface area contributed by atoms with Gasteiger partial charge < -0.3 is 4.74 Å². The minimum atomic E-state index is -0.632. The SMILES string of the molecule is C=CCC1(CC(C)C)CC(=O)OC1=O. The summed E-state index contributed by atoms with van der Waals surface area (Å²) in [4.78, 5) is 22.6. The molecule has 1 fully saturated rings. The molecule has 0 aromatic rings. The van der Waals surface area contributed by atoms with Crippen molar-refractivity contribution in [2.24, 2.45) is 11.3 Å². The van der Waals surface area contributed by atoms with Crippen LogP contribution < -0.4 is 0 Å². The van der Waals surface area contributed by atoms with Crippen molar-refractivity contribution < 1.29 is 14.3 Å². The minimum absolute atomic E-state index is 0.204. The van der Waals surface area contributed by atoms with Crippen LogP contribution >= 0.6 is 0 Å². The van der Waals surface area contributed by atoms with Gasteiger partial charge in [-0.1, -0.05) is 19.9 Å². The van der Waals surface area contributed by atoms with Crippen LogP contribution in [0.25, 0.3) is 0 Å². The number of hydrogen-bond donors (Lipinski definition) is 0. The van der Waals surface area contributed by atoms with Crippen LogP contribution in [0.15, 0.2) is 12.7 Å². The van der Waals surface area contributed by atoms with Crippen molar-refractivity contribution in [2.75, 3.05) is 0 Å². The van der Waals surface area contributed by atoms with Gasteiger partial charge in [-0.3, -0.25) is 9.59 Å². The molecule has 1 saturated heterocycles. The lowest BCUT2D eigenvalue weighted by Crippen LogP contribution is -2.27.